The van der Waals surface area contributed by atoms with Gasteiger partial charge in [-0.3, -0.25) is 15.4 Å². The molecule has 0 aromatic heterocycles. The molecule has 3 atom stereocenters. The molecule has 0 fully saturated rings. The van der Waals surface area contributed by atoms with Crippen molar-refractivity contribution in [2.75, 3.05) is 7.05 Å². The summed E-state index contributed by atoms with van der Waals surface area (Å²) in [6.45, 7) is 10.4. The molecule has 0 aliphatic heterocycles. The Labute approximate surface area is 145 Å². The lowest BCUT2D eigenvalue weighted by Gasteiger charge is -2.26. The topological polar surface area (TPSA) is 70.2 Å². The van der Waals surface area contributed by atoms with Crippen molar-refractivity contribution in [3.05, 3.63) is 35.4 Å². The van der Waals surface area contributed by atoms with Gasteiger partial charge in [-0.1, -0.05) is 52.0 Å². The molecule has 0 heterocycles. The predicted octanol–water partition coefficient (Wildman–Crippen LogP) is 3.33. The maximum atomic E-state index is 12.0. The lowest BCUT2D eigenvalue weighted by Crippen LogP contribution is -2.48. The number of carbonyl (C=O) groups excluding carboxylic acids is 2. The first kappa shape index (κ1) is 20.2. The monoisotopic (exact) mass is 333 g/mol. The fraction of sp³-hybridized carbons (Fsp3) is 0.579. The summed E-state index contributed by atoms with van der Waals surface area (Å²) in [5, 5.41) is 8.02. The smallest absolute Gasteiger partial charge is 0.321 e. The zero-order chi connectivity index (χ0) is 18.3. The van der Waals surface area contributed by atoms with Gasteiger partial charge < -0.3 is 5.32 Å². The molecular weight excluding hydrogens is 302 g/mol. The van der Waals surface area contributed by atoms with Crippen LogP contribution in [0.1, 0.15) is 64.1 Å². The Morgan fingerprint density at radius 3 is 2.00 bits per heavy atom. The van der Waals surface area contributed by atoms with Crippen LogP contribution in [0, 0.1) is 5.92 Å². The highest BCUT2D eigenvalue weighted by molar-refractivity contribution is 5.96. The second-order valence-corrected chi connectivity index (χ2v) is 6.65. The van der Waals surface area contributed by atoms with Crippen LogP contribution in [0.2, 0.25) is 0 Å². The lowest BCUT2D eigenvalue weighted by atomic mass is 9.91. The molecule has 0 radical (unpaired) electrons. The van der Waals surface area contributed by atoms with Gasteiger partial charge in [-0.25, -0.2) is 4.79 Å². The van der Waals surface area contributed by atoms with Crippen molar-refractivity contribution in [1.29, 1.82) is 0 Å². The number of benzene rings is 1. The van der Waals surface area contributed by atoms with E-state index in [0.29, 0.717) is 11.8 Å². The third kappa shape index (κ3) is 5.64. The summed E-state index contributed by atoms with van der Waals surface area (Å²) in [7, 11) is 1.48. The van der Waals surface area contributed by atoms with Crippen LogP contribution < -0.4 is 16.0 Å². The van der Waals surface area contributed by atoms with Gasteiger partial charge in [-0.2, -0.15) is 0 Å². The molecule has 0 saturated carbocycles. The van der Waals surface area contributed by atoms with Gasteiger partial charge in [0.05, 0.1) is 6.04 Å². The molecule has 1 aromatic rings. The van der Waals surface area contributed by atoms with Crippen molar-refractivity contribution < 1.29 is 9.59 Å². The van der Waals surface area contributed by atoms with E-state index in [1.54, 1.807) is 6.92 Å². The number of imide groups is 1. The van der Waals surface area contributed by atoms with Crippen LogP contribution in [-0.4, -0.2) is 25.0 Å². The minimum Gasteiger partial charge on any atom is -0.341 e. The molecule has 0 spiro atoms. The third-order valence-corrected chi connectivity index (χ3v) is 4.43. The van der Waals surface area contributed by atoms with Gasteiger partial charge in [-0.05, 0) is 36.3 Å². The van der Waals surface area contributed by atoms with Gasteiger partial charge in [0.15, 0.2) is 0 Å². The number of urea groups is 1. The quantitative estimate of drug-likeness (QED) is 0.717. The van der Waals surface area contributed by atoms with E-state index in [9.17, 15) is 9.59 Å². The standard InChI is InChI=1S/C19H31N3O2/c1-7-13(4)15-8-10-16(11-9-15)17(12(2)3)21-14(5)18(23)22-19(24)20-6/h8-14,17,21H,7H2,1-6H3,(H2,20,22,23,24)/t13-,14+,17+/m1/s1. The zero-order valence-electron chi connectivity index (χ0n) is 15.6. The highest BCUT2D eigenvalue weighted by atomic mass is 16.2. The van der Waals surface area contributed by atoms with E-state index in [1.807, 2.05) is 0 Å². The number of rotatable bonds is 7. The highest BCUT2D eigenvalue weighted by Gasteiger charge is 2.22. The Morgan fingerprint density at radius 2 is 1.54 bits per heavy atom. The Morgan fingerprint density at radius 1 is 1.00 bits per heavy atom. The second kappa shape index (κ2) is 9.42. The van der Waals surface area contributed by atoms with E-state index < -0.39 is 12.1 Å². The molecule has 1 aromatic carbocycles. The first-order valence-corrected chi connectivity index (χ1v) is 8.68. The molecule has 5 heteroatoms. The fourth-order valence-electron chi connectivity index (χ4n) is 2.57. The average molecular weight is 333 g/mol. The van der Waals surface area contributed by atoms with Crippen LogP contribution >= 0.6 is 0 Å². The maximum Gasteiger partial charge on any atom is 0.321 e. The van der Waals surface area contributed by atoms with Crippen molar-refractivity contribution in [2.24, 2.45) is 5.92 Å². The summed E-state index contributed by atoms with van der Waals surface area (Å²) in [5.74, 6) is 0.521. The Hall–Kier alpha value is -1.88. The number of carbonyl (C=O) groups is 2. The molecule has 0 aliphatic carbocycles. The van der Waals surface area contributed by atoms with E-state index in [4.69, 9.17) is 0 Å². The Balaban J connectivity index is 2.83. The molecule has 3 amide bonds. The minimum absolute atomic E-state index is 0.0430. The van der Waals surface area contributed by atoms with Crippen molar-refractivity contribution in [2.45, 2.75) is 59.0 Å². The second-order valence-electron chi connectivity index (χ2n) is 6.65. The van der Waals surface area contributed by atoms with Crippen LogP contribution in [0.15, 0.2) is 24.3 Å². The van der Waals surface area contributed by atoms with E-state index in [-0.39, 0.29) is 11.9 Å². The first-order chi connectivity index (χ1) is 11.3. The van der Waals surface area contributed by atoms with Crippen LogP contribution in [-0.2, 0) is 4.79 Å². The van der Waals surface area contributed by atoms with Gasteiger partial charge >= 0.3 is 6.03 Å². The number of hydrogen-bond acceptors (Lipinski definition) is 3. The van der Waals surface area contributed by atoms with E-state index >= 15 is 0 Å². The lowest BCUT2D eigenvalue weighted by molar-refractivity contribution is -0.121. The van der Waals surface area contributed by atoms with E-state index in [1.165, 1.54) is 12.6 Å². The molecule has 0 saturated heterocycles. The summed E-state index contributed by atoms with van der Waals surface area (Å²) in [6.07, 6.45) is 1.11. The minimum atomic E-state index is -0.493. The van der Waals surface area contributed by atoms with E-state index in [0.717, 1.165) is 12.0 Å². The summed E-state index contributed by atoms with van der Waals surface area (Å²) in [5.41, 5.74) is 2.48. The maximum absolute atomic E-state index is 12.0. The molecule has 0 aliphatic rings. The molecule has 1 rings (SSSR count). The molecule has 134 valence electrons. The molecular formula is C19H31N3O2. The summed E-state index contributed by atoms with van der Waals surface area (Å²) < 4.78 is 0. The zero-order valence-corrected chi connectivity index (χ0v) is 15.6. The number of nitrogens with one attached hydrogen (secondary N) is 3. The Bertz CT molecular complexity index is 540. The molecule has 24 heavy (non-hydrogen) atoms. The number of hydrogen-bond donors (Lipinski definition) is 3. The fourth-order valence-corrected chi connectivity index (χ4v) is 2.57. The number of amides is 3. The van der Waals surface area contributed by atoms with Gasteiger partial charge in [0.25, 0.3) is 0 Å². The van der Waals surface area contributed by atoms with Gasteiger partial charge in [-0.15, -0.1) is 0 Å². The summed E-state index contributed by atoms with van der Waals surface area (Å²) >= 11 is 0. The normalized spacial score (nSPS) is 14.8. The predicted molar refractivity (Wildman–Crippen MR) is 97.9 cm³/mol. The van der Waals surface area contributed by atoms with Gasteiger partial charge in [0.1, 0.15) is 0 Å². The molecule has 0 unspecified atom stereocenters. The van der Waals surface area contributed by atoms with Crippen molar-refractivity contribution in [1.82, 2.24) is 16.0 Å². The molecule has 0 bridgehead atoms. The first-order valence-electron chi connectivity index (χ1n) is 8.68. The summed E-state index contributed by atoms with van der Waals surface area (Å²) in [6, 6.07) is 7.66. The van der Waals surface area contributed by atoms with Crippen molar-refractivity contribution >= 4 is 11.9 Å². The third-order valence-electron chi connectivity index (χ3n) is 4.43. The highest BCUT2D eigenvalue weighted by Crippen LogP contribution is 2.25. The van der Waals surface area contributed by atoms with Crippen LogP contribution in [0.4, 0.5) is 4.79 Å². The van der Waals surface area contributed by atoms with Crippen LogP contribution in [0.5, 0.6) is 0 Å². The SMILES string of the molecule is CC[C@@H](C)c1ccc([C@@H](N[C@@H](C)C(=O)NC(=O)NC)C(C)C)cc1. The van der Waals surface area contributed by atoms with Gasteiger partial charge in [0, 0.05) is 13.1 Å². The molecule has 3 N–H and O–H groups in total. The van der Waals surface area contributed by atoms with Crippen molar-refractivity contribution in [3.63, 3.8) is 0 Å². The average Bonchev–Trinajstić information content (AvgIpc) is 2.58. The van der Waals surface area contributed by atoms with Crippen molar-refractivity contribution in [3.8, 4) is 0 Å². The van der Waals surface area contributed by atoms with Crippen LogP contribution in [0.25, 0.3) is 0 Å². The van der Waals surface area contributed by atoms with Crippen LogP contribution in [0.3, 0.4) is 0 Å². The summed E-state index contributed by atoms with van der Waals surface area (Å²) in [4.78, 5) is 23.3. The Kier molecular flexibility index (Phi) is 7.92. The van der Waals surface area contributed by atoms with Gasteiger partial charge in [0.2, 0.25) is 5.91 Å². The largest absolute Gasteiger partial charge is 0.341 e. The van der Waals surface area contributed by atoms with E-state index in [2.05, 4.69) is 67.9 Å². The molecule has 5 nitrogen and oxygen atoms in total.